The Kier molecular flexibility index (Phi) is 2.38. The van der Waals surface area contributed by atoms with E-state index in [4.69, 9.17) is 5.11 Å². The third-order valence-electron chi connectivity index (χ3n) is 3.09. The molecule has 0 saturated carbocycles. The van der Waals surface area contributed by atoms with Gasteiger partial charge in [0.15, 0.2) is 4.96 Å². The smallest absolute Gasteiger partial charge is 0.309 e. The number of carbonyl (C=O) groups is 1. The molecule has 0 spiro atoms. The van der Waals surface area contributed by atoms with Crippen LogP contribution in [0.5, 0.6) is 0 Å². The van der Waals surface area contributed by atoms with Gasteiger partial charge in [0.25, 0.3) is 0 Å². The highest BCUT2D eigenvalue weighted by atomic mass is 32.1. The first-order valence-corrected chi connectivity index (χ1v) is 6.46. The topological polar surface area (TPSA) is 54.6 Å². The fourth-order valence-electron chi connectivity index (χ4n) is 2.04. The van der Waals surface area contributed by atoms with Gasteiger partial charge in [-0.15, -0.1) is 0 Å². The summed E-state index contributed by atoms with van der Waals surface area (Å²) in [4.78, 5) is 15.9. The highest BCUT2D eigenvalue weighted by Crippen LogP contribution is 2.28. The van der Waals surface area contributed by atoms with Gasteiger partial charge in [0.2, 0.25) is 0 Å². The van der Waals surface area contributed by atoms with Crippen LogP contribution >= 0.6 is 11.3 Å². The predicted molar refractivity (Wildman–Crippen MR) is 71.4 cm³/mol. The van der Waals surface area contributed by atoms with E-state index in [0.717, 1.165) is 10.5 Å². The van der Waals surface area contributed by atoms with Crippen molar-refractivity contribution >= 4 is 32.5 Å². The summed E-state index contributed by atoms with van der Waals surface area (Å²) in [5.41, 5.74) is 4.20. The molecule has 3 rings (SSSR count). The second-order valence-corrected chi connectivity index (χ2v) is 5.47. The predicted octanol–water partition coefficient (Wildman–Crippen LogP) is 2.79. The van der Waals surface area contributed by atoms with Gasteiger partial charge in [-0.2, -0.15) is 0 Å². The Morgan fingerprint density at radius 2 is 2.11 bits per heavy atom. The van der Waals surface area contributed by atoms with Crippen LogP contribution in [0.1, 0.15) is 16.8 Å². The van der Waals surface area contributed by atoms with Crippen LogP contribution in [0.25, 0.3) is 15.2 Å². The maximum absolute atomic E-state index is 10.7. The molecule has 2 heterocycles. The van der Waals surface area contributed by atoms with Crippen LogP contribution in [0, 0.1) is 13.8 Å². The van der Waals surface area contributed by atoms with E-state index >= 15 is 0 Å². The van der Waals surface area contributed by atoms with Gasteiger partial charge in [0, 0.05) is 6.20 Å². The molecule has 0 fully saturated rings. The molecular formula is C13H12N2O2S. The first-order valence-electron chi connectivity index (χ1n) is 5.64. The Morgan fingerprint density at radius 3 is 2.83 bits per heavy atom. The first-order chi connectivity index (χ1) is 8.54. The third kappa shape index (κ3) is 1.67. The molecule has 0 bridgehead atoms. The van der Waals surface area contributed by atoms with Crippen LogP contribution in [0.15, 0.2) is 18.3 Å². The van der Waals surface area contributed by atoms with Crippen molar-refractivity contribution in [2.24, 2.45) is 0 Å². The highest BCUT2D eigenvalue weighted by molar-refractivity contribution is 7.23. The number of thiazole rings is 1. The molecule has 1 aromatic carbocycles. The van der Waals surface area contributed by atoms with Crippen LogP contribution in [-0.2, 0) is 11.2 Å². The molecule has 2 aromatic heterocycles. The van der Waals surface area contributed by atoms with Crippen molar-refractivity contribution in [1.82, 2.24) is 9.38 Å². The zero-order chi connectivity index (χ0) is 12.9. The molecule has 0 atom stereocenters. The Bertz CT molecular complexity index is 770. The summed E-state index contributed by atoms with van der Waals surface area (Å²) >= 11 is 1.59. The number of aliphatic carboxylic acids is 1. The van der Waals surface area contributed by atoms with Gasteiger partial charge >= 0.3 is 5.97 Å². The molecule has 5 heteroatoms. The van der Waals surface area contributed by atoms with E-state index in [1.165, 1.54) is 15.8 Å². The molecule has 0 aliphatic heterocycles. The largest absolute Gasteiger partial charge is 0.481 e. The number of hydrogen-bond donors (Lipinski definition) is 1. The minimum Gasteiger partial charge on any atom is -0.481 e. The van der Waals surface area contributed by atoms with Gasteiger partial charge in [-0.3, -0.25) is 9.20 Å². The van der Waals surface area contributed by atoms with Crippen molar-refractivity contribution in [2.45, 2.75) is 20.3 Å². The second-order valence-electron chi connectivity index (χ2n) is 4.46. The van der Waals surface area contributed by atoms with Gasteiger partial charge in [0.1, 0.15) is 0 Å². The number of benzene rings is 1. The number of carboxylic acids is 1. The van der Waals surface area contributed by atoms with E-state index in [2.05, 4.69) is 31.0 Å². The molecular weight excluding hydrogens is 248 g/mol. The molecule has 0 aliphatic rings. The summed E-state index contributed by atoms with van der Waals surface area (Å²) in [5, 5.41) is 8.78. The average molecular weight is 260 g/mol. The zero-order valence-electron chi connectivity index (χ0n) is 10.1. The molecule has 3 aromatic rings. The van der Waals surface area contributed by atoms with Crippen molar-refractivity contribution in [3.05, 3.63) is 35.2 Å². The number of imidazole rings is 1. The fraction of sp³-hybridized carbons (Fsp3) is 0.231. The maximum atomic E-state index is 10.7. The Hall–Kier alpha value is -1.88. The molecule has 4 nitrogen and oxygen atoms in total. The van der Waals surface area contributed by atoms with Gasteiger partial charge in [-0.05, 0) is 37.1 Å². The van der Waals surface area contributed by atoms with Crippen molar-refractivity contribution in [1.29, 1.82) is 0 Å². The minimum atomic E-state index is -0.850. The monoisotopic (exact) mass is 260 g/mol. The van der Waals surface area contributed by atoms with E-state index in [9.17, 15) is 4.79 Å². The normalized spacial score (nSPS) is 11.4. The fourth-order valence-corrected chi connectivity index (χ4v) is 3.14. The molecule has 0 radical (unpaired) electrons. The number of carboxylic acid groups (broad SMARTS) is 1. The van der Waals surface area contributed by atoms with E-state index in [1.54, 1.807) is 11.3 Å². The Balaban J connectivity index is 2.24. The highest BCUT2D eigenvalue weighted by Gasteiger charge is 2.11. The second kappa shape index (κ2) is 3.81. The molecule has 92 valence electrons. The molecule has 18 heavy (non-hydrogen) atoms. The van der Waals surface area contributed by atoms with Crippen LogP contribution < -0.4 is 0 Å². The maximum Gasteiger partial charge on any atom is 0.309 e. The lowest BCUT2D eigenvalue weighted by molar-refractivity contribution is -0.136. The van der Waals surface area contributed by atoms with E-state index in [0.29, 0.717) is 5.69 Å². The summed E-state index contributed by atoms with van der Waals surface area (Å²) in [7, 11) is 0. The summed E-state index contributed by atoms with van der Waals surface area (Å²) in [6.45, 7) is 4.17. The molecule has 0 unspecified atom stereocenters. The summed E-state index contributed by atoms with van der Waals surface area (Å²) < 4.78 is 3.16. The van der Waals surface area contributed by atoms with E-state index in [1.807, 2.05) is 10.6 Å². The van der Waals surface area contributed by atoms with Crippen molar-refractivity contribution in [3.63, 3.8) is 0 Å². The third-order valence-corrected chi connectivity index (χ3v) is 4.11. The molecule has 1 N–H and O–H groups in total. The number of fused-ring (bicyclic) bond motifs is 3. The first kappa shape index (κ1) is 11.2. The summed E-state index contributed by atoms with van der Waals surface area (Å²) in [6, 6.07) is 4.28. The summed E-state index contributed by atoms with van der Waals surface area (Å²) in [5.74, 6) is -0.850. The quantitative estimate of drug-likeness (QED) is 0.770. The van der Waals surface area contributed by atoms with Crippen molar-refractivity contribution < 1.29 is 9.90 Å². The Labute approximate surface area is 108 Å². The standard InChI is InChI=1S/C13H12N2O2S/c1-7-3-10-11(4-8(7)2)18-13-14-9(5-12(16)17)6-15(10)13/h3-4,6H,5H2,1-2H3,(H,16,17). The lowest BCUT2D eigenvalue weighted by Gasteiger charge is -1.99. The van der Waals surface area contributed by atoms with Crippen LogP contribution in [0.4, 0.5) is 0 Å². The van der Waals surface area contributed by atoms with Crippen LogP contribution in [0.3, 0.4) is 0 Å². The SMILES string of the molecule is Cc1cc2sc3nc(CC(=O)O)cn3c2cc1C. The number of aromatic nitrogens is 2. The number of nitrogens with zero attached hydrogens (tertiary/aromatic N) is 2. The summed E-state index contributed by atoms with van der Waals surface area (Å²) in [6.07, 6.45) is 1.79. The lowest BCUT2D eigenvalue weighted by Crippen LogP contribution is -1.99. The van der Waals surface area contributed by atoms with Crippen LogP contribution in [0.2, 0.25) is 0 Å². The number of rotatable bonds is 2. The van der Waals surface area contributed by atoms with Gasteiger partial charge in [0.05, 0.1) is 22.3 Å². The van der Waals surface area contributed by atoms with Gasteiger partial charge < -0.3 is 5.11 Å². The van der Waals surface area contributed by atoms with E-state index < -0.39 is 5.97 Å². The number of hydrogen-bond acceptors (Lipinski definition) is 3. The Morgan fingerprint density at radius 1 is 1.39 bits per heavy atom. The number of aryl methyl sites for hydroxylation is 2. The van der Waals surface area contributed by atoms with Crippen molar-refractivity contribution in [3.8, 4) is 0 Å². The minimum absolute atomic E-state index is 0.0270. The molecule has 0 aliphatic carbocycles. The molecule has 0 saturated heterocycles. The van der Waals surface area contributed by atoms with Gasteiger partial charge in [-0.1, -0.05) is 11.3 Å². The van der Waals surface area contributed by atoms with Crippen molar-refractivity contribution in [2.75, 3.05) is 0 Å². The van der Waals surface area contributed by atoms with Crippen LogP contribution in [-0.4, -0.2) is 20.5 Å². The van der Waals surface area contributed by atoms with E-state index in [-0.39, 0.29) is 6.42 Å². The zero-order valence-corrected chi connectivity index (χ0v) is 10.9. The average Bonchev–Trinajstić information content (AvgIpc) is 2.76. The van der Waals surface area contributed by atoms with Gasteiger partial charge in [-0.25, -0.2) is 4.98 Å². The molecule has 0 amide bonds. The lowest BCUT2D eigenvalue weighted by atomic mass is 10.1.